The fourth-order valence-electron chi connectivity index (χ4n) is 2.88. The van der Waals surface area contributed by atoms with E-state index in [0.717, 1.165) is 58.3 Å². The topological polar surface area (TPSA) is 86.3 Å². The number of hydrogen-bond donors (Lipinski definition) is 2. The van der Waals surface area contributed by atoms with E-state index < -0.39 is 10.0 Å². The van der Waals surface area contributed by atoms with Gasteiger partial charge in [-0.15, -0.1) is 0 Å². The van der Waals surface area contributed by atoms with Gasteiger partial charge in [-0.2, -0.15) is 0 Å². The first-order valence-corrected chi connectivity index (χ1v) is 10.0. The van der Waals surface area contributed by atoms with Crippen molar-refractivity contribution >= 4 is 16.0 Å². The lowest BCUT2D eigenvalue weighted by atomic mass is 10.1. The van der Waals surface area contributed by atoms with Gasteiger partial charge in [0, 0.05) is 52.9 Å². The predicted octanol–water partition coefficient (Wildman–Crippen LogP) is -1.23. The molecule has 2 aliphatic heterocycles. The maximum Gasteiger partial charge on any atom is 0.211 e. The number of aliphatic imine (C=N–C) groups is 1. The smallest absolute Gasteiger partial charge is 0.211 e. The largest absolute Gasteiger partial charge is 0.379 e. The summed E-state index contributed by atoms with van der Waals surface area (Å²) in [6.45, 7) is 7.34. The maximum atomic E-state index is 11.5. The Balaban J connectivity index is 1.63. The summed E-state index contributed by atoms with van der Waals surface area (Å²) in [6, 6.07) is 0. The summed E-state index contributed by atoms with van der Waals surface area (Å²) in [5, 5.41) is 6.60. The van der Waals surface area contributed by atoms with Crippen molar-refractivity contribution in [2.45, 2.75) is 6.42 Å². The monoisotopic (exact) mass is 347 g/mol. The van der Waals surface area contributed by atoms with Gasteiger partial charge in [-0.1, -0.05) is 0 Å². The van der Waals surface area contributed by atoms with Crippen molar-refractivity contribution in [1.29, 1.82) is 0 Å². The highest BCUT2D eigenvalue weighted by Crippen LogP contribution is 2.17. The van der Waals surface area contributed by atoms with E-state index in [1.807, 2.05) is 0 Å². The molecule has 0 aromatic heterocycles. The predicted molar refractivity (Wildman–Crippen MR) is 91.1 cm³/mol. The molecule has 0 saturated carbocycles. The number of ether oxygens (including phenoxy) is 1. The van der Waals surface area contributed by atoms with Gasteiger partial charge in [-0.25, -0.2) is 12.7 Å². The Morgan fingerprint density at radius 2 is 2.00 bits per heavy atom. The summed E-state index contributed by atoms with van der Waals surface area (Å²) in [7, 11) is -1.31. The second-order valence-corrected chi connectivity index (χ2v) is 8.09. The van der Waals surface area contributed by atoms with Gasteiger partial charge in [0.1, 0.15) is 0 Å². The van der Waals surface area contributed by atoms with E-state index in [1.54, 1.807) is 11.4 Å². The molecule has 23 heavy (non-hydrogen) atoms. The first kappa shape index (κ1) is 18.4. The van der Waals surface area contributed by atoms with Crippen LogP contribution in [-0.2, 0) is 14.8 Å². The fourth-order valence-corrected chi connectivity index (χ4v) is 3.80. The molecule has 0 amide bonds. The van der Waals surface area contributed by atoms with Crippen LogP contribution in [0.25, 0.3) is 0 Å². The van der Waals surface area contributed by atoms with Crippen LogP contribution >= 0.6 is 0 Å². The molecule has 1 unspecified atom stereocenters. The van der Waals surface area contributed by atoms with Crippen molar-refractivity contribution in [1.82, 2.24) is 19.8 Å². The lowest BCUT2D eigenvalue weighted by molar-refractivity contribution is 0.0389. The van der Waals surface area contributed by atoms with E-state index in [4.69, 9.17) is 4.74 Å². The van der Waals surface area contributed by atoms with Crippen LogP contribution in [0, 0.1) is 5.92 Å². The Morgan fingerprint density at radius 1 is 1.26 bits per heavy atom. The van der Waals surface area contributed by atoms with E-state index in [0.29, 0.717) is 19.0 Å². The van der Waals surface area contributed by atoms with Crippen molar-refractivity contribution in [3.63, 3.8) is 0 Å². The Hall–Kier alpha value is -0.900. The van der Waals surface area contributed by atoms with E-state index >= 15 is 0 Å². The van der Waals surface area contributed by atoms with Crippen molar-refractivity contribution in [2.75, 3.05) is 72.3 Å². The molecule has 8 nitrogen and oxygen atoms in total. The van der Waals surface area contributed by atoms with Crippen molar-refractivity contribution in [3.8, 4) is 0 Å². The van der Waals surface area contributed by atoms with Gasteiger partial charge in [0.25, 0.3) is 0 Å². The molecular weight excluding hydrogens is 318 g/mol. The van der Waals surface area contributed by atoms with E-state index in [1.165, 1.54) is 6.26 Å². The molecule has 2 rings (SSSR count). The molecule has 9 heteroatoms. The van der Waals surface area contributed by atoms with Crippen LogP contribution in [0.3, 0.4) is 0 Å². The van der Waals surface area contributed by atoms with Gasteiger partial charge in [0.05, 0.1) is 19.5 Å². The zero-order valence-corrected chi connectivity index (χ0v) is 14.9. The van der Waals surface area contributed by atoms with Crippen LogP contribution in [0.5, 0.6) is 0 Å². The summed E-state index contributed by atoms with van der Waals surface area (Å²) in [5.74, 6) is 1.11. The number of nitrogens with zero attached hydrogens (tertiary/aromatic N) is 3. The molecule has 2 aliphatic rings. The van der Waals surface area contributed by atoms with Crippen molar-refractivity contribution in [3.05, 3.63) is 0 Å². The van der Waals surface area contributed by atoms with Crippen LogP contribution in [0.2, 0.25) is 0 Å². The van der Waals surface area contributed by atoms with Crippen LogP contribution in [0.15, 0.2) is 4.99 Å². The molecule has 0 aromatic rings. The van der Waals surface area contributed by atoms with E-state index in [-0.39, 0.29) is 0 Å². The first-order valence-electron chi connectivity index (χ1n) is 8.19. The molecule has 2 saturated heterocycles. The molecule has 0 aromatic carbocycles. The van der Waals surface area contributed by atoms with Crippen LogP contribution in [-0.4, -0.2) is 95.9 Å². The summed E-state index contributed by atoms with van der Waals surface area (Å²) in [5.41, 5.74) is 0. The Kier molecular flexibility index (Phi) is 7.07. The summed E-state index contributed by atoms with van der Waals surface area (Å²) in [4.78, 5) is 6.58. The van der Waals surface area contributed by atoms with Gasteiger partial charge in [0.15, 0.2) is 5.96 Å². The highest BCUT2D eigenvalue weighted by molar-refractivity contribution is 7.88. The van der Waals surface area contributed by atoms with Crippen molar-refractivity contribution < 1.29 is 13.2 Å². The van der Waals surface area contributed by atoms with E-state index in [2.05, 4.69) is 20.5 Å². The maximum absolute atomic E-state index is 11.5. The third-order valence-electron chi connectivity index (χ3n) is 4.32. The standard InChI is InChI=1S/C14H29N5O3S/c1-15-14(16-4-6-18-7-9-22-10-8-18)17-11-13-3-5-19(12-13)23(2,20)21/h13H,3-12H2,1-2H3,(H2,15,16,17). The quantitative estimate of drug-likeness (QED) is 0.462. The minimum absolute atomic E-state index is 0.336. The van der Waals surface area contributed by atoms with Gasteiger partial charge in [-0.05, 0) is 12.3 Å². The minimum Gasteiger partial charge on any atom is -0.379 e. The SMILES string of the molecule is CN=C(NCCN1CCOCC1)NCC1CCN(S(C)(=O)=O)C1. The van der Waals surface area contributed by atoms with E-state index in [9.17, 15) is 8.42 Å². The number of sulfonamides is 1. The number of hydrogen-bond acceptors (Lipinski definition) is 5. The highest BCUT2D eigenvalue weighted by Gasteiger charge is 2.28. The van der Waals surface area contributed by atoms with Crippen molar-refractivity contribution in [2.24, 2.45) is 10.9 Å². The number of nitrogens with one attached hydrogen (secondary N) is 2. The van der Waals surface area contributed by atoms with Gasteiger partial charge in [0.2, 0.25) is 10.0 Å². The fraction of sp³-hybridized carbons (Fsp3) is 0.929. The molecule has 1 atom stereocenters. The Morgan fingerprint density at radius 3 is 2.61 bits per heavy atom. The number of morpholine rings is 1. The molecule has 134 valence electrons. The van der Waals surface area contributed by atoms with Gasteiger partial charge < -0.3 is 15.4 Å². The molecule has 2 fully saturated rings. The third-order valence-corrected chi connectivity index (χ3v) is 5.59. The number of guanidine groups is 1. The first-order chi connectivity index (χ1) is 11.0. The molecule has 2 N–H and O–H groups in total. The molecule has 0 spiro atoms. The molecular formula is C14H29N5O3S. The molecule has 2 heterocycles. The second-order valence-electron chi connectivity index (χ2n) is 6.11. The zero-order chi connectivity index (χ0) is 16.7. The summed E-state index contributed by atoms with van der Waals surface area (Å²) < 4.78 is 29.9. The number of rotatable bonds is 6. The highest BCUT2D eigenvalue weighted by atomic mass is 32.2. The lowest BCUT2D eigenvalue weighted by Gasteiger charge is -2.26. The average Bonchev–Trinajstić information content (AvgIpc) is 3.01. The summed E-state index contributed by atoms with van der Waals surface area (Å²) >= 11 is 0. The van der Waals surface area contributed by atoms with Crippen LogP contribution in [0.4, 0.5) is 0 Å². The zero-order valence-electron chi connectivity index (χ0n) is 14.1. The minimum atomic E-state index is -3.06. The third kappa shape index (κ3) is 6.25. The Bertz CT molecular complexity index is 491. The Labute approximate surface area is 139 Å². The van der Waals surface area contributed by atoms with Crippen LogP contribution in [0.1, 0.15) is 6.42 Å². The molecule has 0 bridgehead atoms. The second kappa shape index (κ2) is 8.81. The van der Waals surface area contributed by atoms with Gasteiger partial charge in [-0.3, -0.25) is 9.89 Å². The van der Waals surface area contributed by atoms with Gasteiger partial charge >= 0.3 is 0 Å². The average molecular weight is 347 g/mol. The lowest BCUT2D eigenvalue weighted by Crippen LogP contribution is -2.45. The normalized spacial score (nSPS) is 24.8. The molecule has 0 aliphatic carbocycles. The van der Waals surface area contributed by atoms with Crippen LogP contribution < -0.4 is 10.6 Å². The summed E-state index contributed by atoms with van der Waals surface area (Å²) in [6.07, 6.45) is 2.17. The molecule has 0 radical (unpaired) electrons.